The normalized spacial score (nSPS) is 19.5. The van der Waals surface area contributed by atoms with Gasteiger partial charge in [0.05, 0.1) is 18.0 Å². The van der Waals surface area contributed by atoms with Gasteiger partial charge >= 0.3 is 0 Å². The predicted molar refractivity (Wildman–Crippen MR) is 155 cm³/mol. The van der Waals surface area contributed by atoms with E-state index in [-0.39, 0.29) is 30.3 Å². The van der Waals surface area contributed by atoms with Crippen molar-refractivity contribution in [3.05, 3.63) is 46.5 Å². The van der Waals surface area contributed by atoms with Gasteiger partial charge in [-0.15, -0.1) is 11.8 Å². The molecule has 2 atom stereocenters. The molecule has 3 amide bonds. The summed E-state index contributed by atoms with van der Waals surface area (Å²) in [5.41, 5.74) is 3.31. The highest BCUT2D eigenvalue weighted by Gasteiger charge is 2.31. The third-order valence-corrected chi connectivity index (χ3v) is 8.67. The van der Waals surface area contributed by atoms with Crippen molar-refractivity contribution in [1.82, 2.24) is 19.7 Å². The smallest absolute Gasteiger partial charge is 0.255 e. The first-order chi connectivity index (χ1) is 18.1. The number of aliphatic imine (C=N–C) groups is 1. The van der Waals surface area contributed by atoms with E-state index in [2.05, 4.69) is 27.9 Å². The quantitative estimate of drug-likeness (QED) is 0.552. The van der Waals surface area contributed by atoms with Crippen LogP contribution in [0.25, 0.3) is 10.9 Å². The molecule has 4 rings (SSSR count). The molecule has 38 heavy (non-hydrogen) atoms. The van der Waals surface area contributed by atoms with Crippen molar-refractivity contribution < 1.29 is 14.4 Å². The fourth-order valence-electron chi connectivity index (χ4n) is 5.80. The van der Waals surface area contributed by atoms with Crippen molar-refractivity contribution >= 4 is 46.1 Å². The van der Waals surface area contributed by atoms with E-state index < -0.39 is 5.92 Å². The van der Waals surface area contributed by atoms with Gasteiger partial charge in [-0.05, 0) is 72.0 Å². The number of carbonyl (C=O) groups is 3. The lowest BCUT2D eigenvalue weighted by Gasteiger charge is -2.36. The van der Waals surface area contributed by atoms with E-state index in [1.54, 1.807) is 0 Å². The molecule has 9 heteroatoms. The van der Waals surface area contributed by atoms with Gasteiger partial charge in [-0.3, -0.25) is 14.4 Å². The molecular weight excluding hydrogens is 498 g/mol. The van der Waals surface area contributed by atoms with Crippen LogP contribution in [0.4, 0.5) is 0 Å². The van der Waals surface area contributed by atoms with Crippen LogP contribution in [0.2, 0.25) is 0 Å². The van der Waals surface area contributed by atoms with Crippen molar-refractivity contribution in [2.45, 2.75) is 39.7 Å². The standard InChI is InChI=1S/C29H39N5O3S/c1-18-15-25(38-6)23(28(36)31-18)16-30-29(37)27-20(3)34(24-10-8-7-9-22(24)27)19(2)21-11-13-33(14-12-21)26(35)17-32(4)5/h7-10,15,19,21,23H,11-14,16-17H2,1-6H3,(H,30,37)/t19-,23?/m1/s1. The molecule has 0 aliphatic carbocycles. The zero-order valence-electron chi connectivity index (χ0n) is 23.3. The third kappa shape index (κ3) is 5.73. The van der Waals surface area contributed by atoms with E-state index in [4.69, 9.17) is 0 Å². The summed E-state index contributed by atoms with van der Waals surface area (Å²) in [6, 6.07) is 8.21. The molecule has 1 unspecified atom stereocenters. The van der Waals surface area contributed by atoms with E-state index in [0.29, 0.717) is 23.7 Å². The Balaban J connectivity index is 1.53. The van der Waals surface area contributed by atoms with Crippen LogP contribution in [0.3, 0.4) is 0 Å². The number of rotatable bonds is 8. The minimum atomic E-state index is -0.453. The molecule has 204 valence electrons. The summed E-state index contributed by atoms with van der Waals surface area (Å²) < 4.78 is 2.29. The number of benzene rings is 1. The maximum atomic E-state index is 13.6. The number of piperidine rings is 1. The topological polar surface area (TPSA) is 87.0 Å². The second kappa shape index (κ2) is 11.9. The summed E-state index contributed by atoms with van der Waals surface area (Å²) in [7, 11) is 3.83. The highest BCUT2D eigenvalue weighted by Crippen LogP contribution is 2.36. The Morgan fingerprint density at radius 3 is 2.53 bits per heavy atom. The molecular formula is C29H39N5O3S. The number of dihydropyridines is 1. The second-order valence-electron chi connectivity index (χ2n) is 10.6. The van der Waals surface area contributed by atoms with Crippen molar-refractivity contribution in [3.63, 3.8) is 0 Å². The average molecular weight is 538 g/mol. The second-order valence-corrected chi connectivity index (χ2v) is 11.5. The van der Waals surface area contributed by atoms with Gasteiger partial charge in [0.15, 0.2) is 0 Å². The van der Waals surface area contributed by atoms with Crippen LogP contribution >= 0.6 is 11.8 Å². The number of likely N-dealkylation sites (tertiary alicyclic amines) is 1. The summed E-state index contributed by atoms with van der Waals surface area (Å²) in [6.07, 6.45) is 5.72. The number of hydrogen-bond acceptors (Lipinski definition) is 5. The van der Waals surface area contributed by atoms with Gasteiger partial charge in [0.25, 0.3) is 11.8 Å². The Bertz CT molecular complexity index is 1290. The molecule has 0 bridgehead atoms. The Morgan fingerprint density at radius 1 is 1.18 bits per heavy atom. The number of carbonyl (C=O) groups excluding carboxylic acids is 3. The van der Waals surface area contributed by atoms with E-state index in [9.17, 15) is 14.4 Å². The van der Waals surface area contributed by atoms with Gasteiger partial charge in [0, 0.05) is 52.9 Å². The number of aromatic nitrogens is 1. The number of allylic oxidation sites excluding steroid dienone is 1. The van der Waals surface area contributed by atoms with Crippen LogP contribution in [-0.4, -0.2) is 84.3 Å². The summed E-state index contributed by atoms with van der Waals surface area (Å²) in [4.78, 5) is 47.5. The molecule has 1 aromatic heterocycles. The maximum Gasteiger partial charge on any atom is 0.255 e. The lowest BCUT2D eigenvalue weighted by atomic mass is 9.90. The summed E-state index contributed by atoms with van der Waals surface area (Å²) >= 11 is 1.52. The summed E-state index contributed by atoms with van der Waals surface area (Å²) in [6.45, 7) is 8.22. The zero-order valence-corrected chi connectivity index (χ0v) is 24.1. The van der Waals surface area contributed by atoms with Crippen molar-refractivity contribution in [3.8, 4) is 0 Å². The van der Waals surface area contributed by atoms with Gasteiger partial charge in [-0.1, -0.05) is 18.2 Å². The summed E-state index contributed by atoms with van der Waals surface area (Å²) in [5.74, 6) is -0.254. The Morgan fingerprint density at radius 2 is 1.87 bits per heavy atom. The Hall–Kier alpha value is -2.91. The fourth-order valence-corrected chi connectivity index (χ4v) is 6.56. The molecule has 0 saturated carbocycles. The molecule has 1 saturated heterocycles. The molecule has 2 aliphatic heterocycles. The molecule has 2 aromatic rings. The SMILES string of the molecule is CSC1=CC(C)=NC(=O)C1CNC(=O)c1c(C)n([C@H](C)C2CCN(C(=O)CN(C)C)CC2)c2ccccc12. The lowest BCUT2D eigenvalue weighted by Crippen LogP contribution is -2.43. The van der Waals surface area contributed by atoms with Gasteiger partial charge < -0.3 is 19.7 Å². The first-order valence-electron chi connectivity index (χ1n) is 13.3. The number of fused-ring (bicyclic) bond motifs is 1. The molecule has 0 radical (unpaired) electrons. The highest BCUT2D eigenvalue weighted by molar-refractivity contribution is 8.02. The number of thioether (sulfide) groups is 1. The molecule has 1 aromatic carbocycles. The molecule has 8 nitrogen and oxygen atoms in total. The van der Waals surface area contributed by atoms with Crippen LogP contribution < -0.4 is 5.32 Å². The van der Waals surface area contributed by atoms with Crippen molar-refractivity contribution in [2.75, 3.05) is 46.5 Å². The maximum absolute atomic E-state index is 13.6. The number of nitrogens with zero attached hydrogens (tertiary/aromatic N) is 4. The van der Waals surface area contributed by atoms with Crippen LogP contribution in [0.15, 0.2) is 40.2 Å². The third-order valence-electron chi connectivity index (χ3n) is 7.80. The molecule has 3 heterocycles. The number of nitrogens with one attached hydrogen (secondary N) is 1. The largest absolute Gasteiger partial charge is 0.351 e. The molecule has 0 spiro atoms. The first kappa shape index (κ1) is 28.1. The minimum Gasteiger partial charge on any atom is -0.351 e. The monoisotopic (exact) mass is 537 g/mol. The zero-order chi connectivity index (χ0) is 27.6. The van der Waals surface area contributed by atoms with E-state index in [1.807, 2.05) is 68.3 Å². The lowest BCUT2D eigenvalue weighted by molar-refractivity contribution is -0.133. The average Bonchev–Trinajstić information content (AvgIpc) is 3.18. The first-order valence-corrected chi connectivity index (χ1v) is 14.5. The van der Waals surface area contributed by atoms with Crippen LogP contribution in [0, 0.1) is 18.8 Å². The molecule has 1 N–H and O–H groups in total. The molecule has 1 fully saturated rings. The van der Waals surface area contributed by atoms with Crippen LogP contribution in [-0.2, 0) is 9.59 Å². The van der Waals surface area contributed by atoms with Gasteiger partial charge in [-0.25, -0.2) is 4.99 Å². The summed E-state index contributed by atoms with van der Waals surface area (Å²) in [5, 5.41) is 3.95. The number of likely N-dealkylation sites (N-methyl/N-ethyl adjacent to an activating group) is 1. The Kier molecular flexibility index (Phi) is 8.78. The number of hydrogen-bond donors (Lipinski definition) is 1. The number of amides is 3. The van der Waals surface area contributed by atoms with Crippen LogP contribution in [0.5, 0.6) is 0 Å². The van der Waals surface area contributed by atoms with E-state index in [1.165, 1.54) is 11.8 Å². The van der Waals surface area contributed by atoms with Crippen molar-refractivity contribution in [1.29, 1.82) is 0 Å². The van der Waals surface area contributed by atoms with Gasteiger partial charge in [0.1, 0.15) is 0 Å². The number of para-hydroxylation sites is 1. The van der Waals surface area contributed by atoms with Gasteiger partial charge in [0.2, 0.25) is 5.91 Å². The highest BCUT2D eigenvalue weighted by atomic mass is 32.2. The van der Waals surface area contributed by atoms with E-state index in [0.717, 1.165) is 47.4 Å². The fraction of sp³-hybridized carbons (Fsp3) is 0.517. The predicted octanol–water partition coefficient (Wildman–Crippen LogP) is 3.90. The minimum absolute atomic E-state index is 0.173. The molecule has 2 aliphatic rings. The van der Waals surface area contributed by atoms with Crippen LogP contribution in [0.1, 0.15) is 48.8 Å². The Labute approximate surface area is 229 Å². The van der Waals surface area contributed by atoms with E-state index >= 15 is 0 Å². The van der Waals surface area contributed by atoms with Crippen molar-refractivity contribution in [2.24, 2.45) is 16.8 Å². The van der Waals surface area contributed by atoms with Gasteiger partial charge in [-0.2, -0.15) is 0 Å².